The van der Waals surface area contributed by atoms with Crippen molar-refractivity contribution in [1.29, 1.82) is 0 Å². The second-order valence-corrected chi connectivity index (χ2v) is 5.31. The molecule has 2 fully saturated rings. The Hall–Kier alpha value is -0.610. The number of carbonyl (C=O) groups is 1. The average molecular weight is 241 g/mol. The first-order valence-corrected chi connectivity index (χ1v) is 6.81. The van der Waals surface area contributed by atoms with Crippen LogP contribution in [-0.4, -0.2) is 36.9 Å². The van der Waals surface area contributed by atoms with Crippen LogP contribution in [-0.2, 0) is 9.53 Å². The second-order valence-electron chi connectivity index (χ2n) is 5.31. The van der Waals surface area contributed by atoms with E-state index in [1.165, 1.54) is 6.42 Å². The number of rotatable bonds is 4. The predicted octanol–water partition coefficient (Wildman–Crippen LogP) is 1.65. The van der Waals surface area contributed by atoms with Crippen molar-refractivity contribution < 1.29 is 14.6 Å². The first-order chi connectivity index (χ1) is 8.27. The maximum atomic E-state index is 11.2. The Morgan fingerprint density at radius 3 is 2.76 bits per heavy atom. The number of ether oxygens (including phenoxy) is 1. The molecule has 98 valence electrons. The molecule has 17 heavy (non-hydrogen) atoms. The summed E-state index contributed by atoms with van der Waals surface area (Å²) in [7, 11) is 0. The molecule has 0 aromatic rings. The summed E-state index contributed by atoms with van der Waals surface area (Å²) in [6.07, 6.45) is 6.42. The first-order valence-electron chi connectivity index (χ1n) is 6.81. The third-order valence-electron chi connectivity index (χ3n) is 4.06. The van der Waals surface area contributed by atoms with E-state index in [4.69, 9.17) is 4.74 Å². The van der Waals surface area contributed by atoms with Gasteiger partial charge in [0, 0.05) is 12.6 Å². The van der Waals surface area contributed by atoms with E-state index in [1.54, 1.807) is 0 Å². The monoisotopic (exact) mass is 241 g/mol. The summed E-state index contributed by atoms with van der Waals surface area (Å²) < 4.78 is 5.42. The van der Waals surface area contributed by atoms with E-state index in [0.717, 1.165) is 51.9 Å². The first kappa shape index (κ1) is 12.8. The average Bonchev–Trinajstić information content (AvgIpc) is 2.38. The molecule has 0 aromatic carbocycles. The number of hydrogen-bond acceptors (Lipinski definition) is 3. The highest BCUT2D eigenvalue weighted by molar-refractivity contribution is 5.70. The van der Waals surface area contributed by atoms with Crippen molar-refractivity contribution in [2.24, 2.45) is 11.8 Å². The minimum absolute atomic E-state index is 0.138. The Balaban J connectivity index is 1.77. The fourth-order valence-electron chi connectivity index (χ4n) is 3.00. The van der Waals surface area contributed by atoms with Gasteiger partial charge in [0.05, 0.1) is 12.5 Å². The maximum Gasteiger partial charge on any atom is 0.306 e. The normalized spacial score (nSPS) is 34.5. The largest absolute Gasteiger partial charge is 0.481 e. The van der Waals surface area contributed by atoms with Gasteiger partial charge in [0.1, 0.15) is 0 Å². The third kappa shape index (κ3) is 3.68. The van der Waals surface area contributed by atoms with Crippen molar-refractivity contribution >= 4 is 5.97 Å². The maximum absolute atomic E-state index is 11.2. The van der Waals surface area contributed by atoms with Gasteiger partial charge >= 0.3 is 5.97 Å². The molecule has 1 heterocycles. The summed E-state index contributed by atoms with van der Waals surface area (Å²) in [6, 6.07) is 0.431. The zero-order valence-corrected chi connectivity index (χ0v) is 10.4. The van der Waals surface area contributed by atoms with Crippen molar-refractivity contribution in [3.05, 3.63) is 0 Å². The van der Waals surface area contributed by atoms with Crippen LogP contribution in [0.3, 0.4) is 0 Å². The summed E-state index contributed by atoms with van der Waals surface area (Å²) in [4.78, 5) is 11.2. The molecule has 3 unspecified atom stereocenters. The number of carboxylic acid groups (broad SMARTS) is 1. The number of carboxylic acids is 1. The van der Waals surface area contributed by atoms with E-state index in [-0.39, 0.29) is 5.92 Å². The minimum Gasteiger partial charge on any atom is -0.481 e. The van der Waals surface area contributed by atoms with Crippen molar-refractivity contribution in [2.75, 3.05) is 19.8 Å². The lowest BCUT2D eigenvalue weighted by atomic mass is 9.79. The van der Waals surface area contributed by atoms with Gasteiger partial charge in [-0.1, -0.05) is 12.8 Å². The van der Waals surface area contributed by atoms with E-state index < -0.39 is 5.97 Å². The highest BCUT2D eigenvalue weighted by Crippen LogP contribution is 2.29. The molecule has 4 nitrogen and oxygen atoms in total. The predicted molar refractivity (Wildman–Crippen MR) is 64.9 cm³/mol. The molecule has 2 aliphatic rings. The fourth-order valence-corrected chi connectivity index (χ4v) is 3.00. The summed E-state index contributed by atoms with van der Waals surface area (Å²) in [5, 5.41) is 12.7. The number of aliphatic carboxylic acids is 1. The van der Waals surface area contributed by atoms with Gasteiger partial charge in [0.2, 0.25) is 0 Å². The minimum atomic E-state index is -0.614. The standard InChI is InChI=1S/C13H23NO3/c15-13(16)12-6-2-1-4-10(12)8-14-11-5-3-7-17-9-11/h10-12,14H,1-9H2,(H,15,16). The van der Waals surface area contributed by atoms with Crippen LogP contribution in [0, 0.1) is 11.8 Å². The van der Waals surface area contributed by atoms with Crippen LogP contribution in [0.1, 0.15) is 38.5 Å². The topological polar surface area (TPSA) is 58.6 Å². The summed E-state index contributed by atoms with van der Waals surface area (Å²) in [5.41, 5.74) is 0. The lowest BCUT2D eigenvalue weighted by molar-refractivity contribution is -0.144. The molecule has 0 radical (unpaired) electrons. The molecule has 0 aromatic heterocycles. The van der Waals surface area contributed by atoms with Gasteiger partial charge in [0.25, 0.3) is 0 Å². The van der Waals surface area contributed by atoms with Crippen LogP contribution in [0.2, 0.25) is 0 Å². The molecule has 2 N–H and O–H groups in total. The smallest absolute Gasteiger partial charge is 0.306 e. The zero-order valence-electron chi connectivity index (χ0n) is 10.4. The van der Waals surface area contributed by atoms with Crippen LogP contribution < -0.4 is 5.32 Å². The van der Waals surface area contributed by atoms with Gasteiger partial charge in [0.15, 0.2) is 0 Å². The highest BCUT2D eigenvalue weighted by Gasteiger charge is 2.30. The van der Waals surface area contributed by atoms with Crippen LogP contribution >= 0.6 is 0 Å². The lowest BCUT2D eigenvalue weighted by Crippen LogP contribution is -2.42. The Labute approximate surface area is 103 Å². The zero-order chi connectivity index (χ0) is 12.1. The second kappa shape index (κ2) is 6.36. The Kier molecular flexibility index (Phi) is 4.80. The van der Waals surface area contributed by atoms with E-state index in [1.807, 2.05) is 0 Å². The SMILES string of the molecule is O=C(O)C1CCCCC1CNC1CCCOC1. The molecular weight excluding hydrogens is 218 g/mol. The lowest BCUT2D eigenvalue weighted by Gasteiger charge is -2.31. The molecule has 1 aliphatic carbocycles. The summed E-state index contributed by atoms with van der Waals surface area (Å²) in [5.74, 6) is -0.444. The molecular formula is C13H23NO3. The number of nitrogens with one attached hydrogen (secondary N) is 1. The molecule has 1 aliphatic heterocycles. The van der Waals surface area contributed by atoms with Crippen molar-refractivity contribution in [2.45, 2.75) is 44.6 Å². The molecule has 0 amide bonds. The van der Waals surface area contributed by atoms with Crippen molar-refractivity contribution in [3.63, 3.8) is 0 Å². The van der Waals surface area contributed by atoms with Crippen LogP contribution in [0.4, 0.5) is 0 Å². The van der Waals surface area contributed by atoms with Crippen LogP contribution in [0.15, 0.2) is 0 Å². The molecule has 3 atom stereocenters. The molecule has 4 heteroatoms. The third-order valence-corrected chi connectivity index (χ3v) is 4.06. The quantitative estimate of drug-likeness (QED) is 0.785. The molecule has 0 bridgehead atoms. The molecule has 2 rings (SSSR count). The van der Waals surface area contributed by atoms with E-state index in [9.17, 15) is 9.90 Å². The van der Waals surface area contributed by atoms with E-state index in [0.29, 0.717) is 12.0 Å². The van der Waals surface area contributed by atoms with Crippen LogP contribution in [0.25, 0.3) is 0 Å². The van der Waals surface area contributed by atoms with Gasteiger partial charge < -0.3 is 15.2 Å². The molecule has 1 saturated heterocycles. The van der Waals surface area contributed by atoms with Gasteiger partial charge in [-0.15, -0.1) is 0 Å². The number of hydrogen-bond donors (Lipinski definition) is 2. The summed E-state index contributed by atoms with van der Waals surface area (Å²) >= 11 is 0. The van der Waals surface area contributed by atoms with E-state index >= 15 is 0 Å². The Morgan fingerprint density at radius 2 is 2.06 bits per heavy atom. The Morgan fingerprint density at radius 1 is 1.24 bits per heavy atom. The van der Waals surface area contributed by atoms with Gasteiger partial charge in [-0.05, 0) is 38.1 Å². The van der Waals surface area contributed by atoms with E-state index in [2.05, 4.69) is 5.32 Å². The Bertz CT molecular complexity index is 251. The van der Waals surface area contributed by atoms with Crippen LogP contribution in [0.5, 0.6) is 0 Å². The van der Waals surface area contributed by atoms with Gasteiger partial charge in [-0.3, -0.25) is 4.79 Å². The van der Waals surface area contributed by atoms with Gasteiger partial charge in [-0.2, -0.15) is 0 Å². The molecule has 0 spiro atoms. The summed E-state index contributed by atoms with van der Waals surface area (Å²) in [6.45, 7) is 2.49. The fraction of sp³-hybridized carbons (Fsp3) is 0.923. The van der Waals surface area contributed by atoms with Gasteiger partial charge in [-0.25, -0.2) is 0 Å². The molecule has 1 saturated carbocycles. The highest BCUT2D eigenvalue weighted by atomic mass is 16.5. The van der Waals surface area contributed by atoms with Crippen molar-refractivity contribution in [1.82, 2.24) is 5.32 Å². The van der Waals surface area contributed by atoms with Crippen molar-refractivity contribution in [3.8, 4) is 0 Å².